The first-order valence-corrected chi connectivity index (χ1v) is 25.3. The summed E-state index contributed by atoms with van der Waals surface area (Å²) in [5, 5.41) is 0.284. The van der Waals surface area contributed by atoms with E-state index in [0.29, 0.717) is 17.3 Å². The normalized spacial score (nSPS) is 12.3. The molecule has 0 aliphatic carbocycles. The van der Waals surface area contributed by atoms with Gasteiger partial charge in [-0.1, -0.05) is 0 Å². The number of hydrogen-bond acceptors (Lipinski definition) is 9. The van der Waals surface area contributed by atoms with Crippen molar-refractivity contribution in [1.82, 2.24) is 0 Å². The first-order chi connectivity index (χ1) is 10.6. The first-order valence-electron chi connectivity index (χ1n) is 6.74. The van der Waals surface area contributed by atoms with E-state index in [1.165, 1.54) is 62.1 Å². The van der Waals surface area contributed by atoms with Crippen LogP contribution in [0.15, 0.2) is 0 Å². The number of carbonyl (C=O) groups excluding carboxylic acids is 3. The van der Waals surface area contributed by atoms with Crippen LogP contribution in [0.1, 0.15) is 20.8 Å². The van der Waals surface area contributed by atoms with Gasteiger partial charge >= 0.3 is 166 Å². The van der Waals surface area contributed by atoms with Gasteiger partial charge in [0.25, 0.3) is 0 Å². The summed E-state index contributed by atoms with van der Waals surface area (Å²) in [7, 11) is 4.04. The molecule has 0 fully saturated rings. The van der Waals surface area contributed by atoms with Gasteiger partial charge in [-0.2, -0.15) is 0 Å². The Kier molecular flexibility index (Phi) is 13.3. The Morgan fingerprint density at radius 2 is 0.957 bits per heavy atom. The quantitative estimate of drug-likeness (QED) is 0.392. The molecule has 0 spiro atoms. The van der Waals surface area contributed by atoms with Crippen molar-refractivity contribution in [3.05, 3.63) is 0 Å². The Labute approximate surface area is 164 Å². The molecule has 0 rings (SSSR count). The third kappa shape index (κ3) is 9.42. The number of carbonyl (C=O) groups is 3. The first kappa shape index (κ1) is 24.9. The maximum atomic E-state index is 12.3. The fourth-order valence-electron chi connectivity index (χ4n) is 1.41. The minimum absolute atomic E-state index is 0.0946. The molecule has 0 aromatic heterocycles. The second kappa shape index (κ2) is 12.3. The van der Waals surface area contributed by atoms with Crippen molar-refractivity contribution in [2.45, 2.75) is 24.2 Å². The number of hydrogen-bond donors (Lipinski definition) is 0. The van der Waals surface area contributed by atoms with Crippen LogP contribution < -0.4 is 0 Å². The summed E-state index contributed by atoms with van der Waals surface area (Å²) in [6, 6.07) is 0. The Balaban J connectivity index is 5.57. The van der Waals surface area contributed by atoms with Gasteiger partial charge in [-0.05, 0) is 0 Å². The van der Waals surface area contributed by atoms with E-state index >= 15 is 0 Å². The summed E-state index contributed by atoms with van der Waals surface area (Å²) < 4.78 is -0.190. The van der Waals surface area contributed by atoms with E-state index < -0.39 is 14.2 Å². The maximum absolute atomic E-state index is 12.3. The summed E-state index contributed by atoms with van der Waals surface area (Å²) in [4.78, 5) is 37.0. The monoisotopic (exact) mass is 540 g/mol. The molecule has 0 amide bonds. The average Bonchev–Trinajstić information content (AvgIpc) is 2.37. The zero-order chi connectivity index (χ0) is 18.1. The molecule has 0 aromatic carbocycles. The van der Waals surface area contributed by atoms with E-state index in [1.807, 2.05) is 18.8 Å². The molecule has 0 aromatic rings. The summed E-state index contributed by atoms with van der Waals surface area (Å²) in [6.45, 7) is 6.21. The van der Waals surface area contributed by atoms with Crippen molar-refractivity contribution in [3.8, 4) is 0 Å². The second-order valence-electron chi connectivity index (χ2n) is 5.53. The molecule has 23 heavy (non-hydrogen) atoms. The predicted molar refractivity (Wildman–Crippen MR) is 118 cm³/mol. The van der Waals surface area contributed by atoms with Crippen molar-refractivity contribution in [2.24, 2.45) is 0 Å². The third-order valence-electron chi connectivity index (χ3n) is 2.45. The average molecular weight is 539 g/mol. The van der Waals surface area contributed by atoms with Crippen LogP contribution in [0.5, 0.6) is 0 Å². The number of thioether (sulfide) groups is 3. The van der Waals surface area contributed by atoms with Crippen LogP contribution in [0.4, 0.5) is 0 Å². The molecule has 3 nitrogen and oxygen atoms in total. The van der Waals surface area contributed by atoms with E-state index in [-0.39, 0.29) is 18.8 Å². The van der Waals surface area contributed by atoms with Crippen LogP contribution in [-0.4, -0.2) is 65.6 Å². The topological polar surface area (TPSA) is 51.2 Å². The van der Waals surface area contributed by atoms with Gasteiger partial charge in [-0.25, -0.2) is 0 Å². The van der Waals surface area contributed by atoms with Crippen LogP contribution in [0.2, 0.25) is 3.43 Å². The molecule has 0 aliphatic heterocycles. The Morgan fingerprint density at radius 3 is 1.13 bits per heavy atom. The zero-order valence-electron chi connectivity index (χ0n) is 14.3. The van der Waals surface area contributed by atoms with Crippen molar-refractivity contribution in [3.63, 3.8) is 0 Å². The molecule has 10 heteroatoms. The van der Waals surface area contributed by atoms with Gasteiger partial charge < -0.3 is 0 Å². The molecule has 0 atom stereocenters. The summed E-state index contributed by atoms with van der Waals surface area (Å²) in [6.07, 6.45) is 5.68. The Bertz CT molecular complexity index is 374. The molecule has 0 saturated carbocycles. The van der Waals surface area contributed by atoms with Gasteiger partial charge in [0, 0.05) is 0 Å². The van der Waals surface area contributed by atoms with Gasteiger partial charge in [0.05, 0.1) is 0 Å². The van der Waals surface area contributed by atoms with Gasteiger partial charge in [-0.3, -0.25) is 0 Å². The van der Waals surface area contributed by atoms with Crippen LogP contribution in [-0.2, 0) is 14.4 Å². The zero-order valence-corrected chi connectivity index (χ0v) is 22.0. The third-order valence-corrected chi connectivity index (χ3v) is 47.0. The van der Waals surface area contributed by atoms with Crippen LogP contribution in [0.3, 0.4) is 0 Å². The van der Waals surface area contributed by atoms with E-state index in [0.717, 1.165) is 0 Å². The molecule has 0 unspecified atom stereocenters. The van der Waals surface area contributed by atoms with E-state index in [9.17, 15) is 14.4 Å². The van der Waals surface area contributed by atoms with E-state index in [1.54, 1.807) is 0 Å². The molecule has 134 valence electrons. The minimum atomic E-state index is -3.56. The van der Waals surface area contributed by atoms with Gasteiger partial charge in [0.15, 0.2) is 0 Å². The molecule has 0 radical (unpaired) electrons. The summed E-state index contributed by atoms with van der Waals surface area (Å²) in [5.41, 5.74) is 0. The van der Waals surface area contributed by atoms with Crippen molar-refractivity contribution in [2.75, 3.05) is 36.0 Å². The van der Waals surface area contributed by atoms with Crippen molar-refractivity contribution >= 4 is 91.7 Å². The van der Waals surface area contributed by atoms with Crippen LogP contribution in [0.25, 0.3) is 0 Å². The van der Waals surface area contributed by atoms with Gasteiger partial charge in [0.1, 0.15) is 0 Å². The van der Waals surface area contributed by atoms with Crippen molar-refractivity contribution < 1.29 is 14.4 Å². The predicted octanol–water partition coefficient (Wildman–Crippen LogP) is 4.59. The summed E-state index contributed by atoms with van der Waals surface area (Å²) >= 11 is 0.898. The molecular formula is C13H24O3S6Sn. The second-order valence-corrected chi connectivity index (χ2v) is 40.3. The molecule has 0 heterocycles. The molecule has 0 N–H and O–H groups in total. The fraction of sp³-hybridized carbons (Fsp3) is 0.769. The standard InChI is InChI=1S/C4H9.3C3H6OS2.Sn/c1-4(2)3;3*1-6-2-3(4)5;/h1-3H3;3*2H2,1H3,(H,4,5);/q;;;;+3/p-3. The van der Waals surface area contributed by atoms with Crippen LogP contribution >= 0.6 is 62.1 Å². The van der Waals surface area contributed by atoms with Crippen molar-refractivity contribution in [1.29, 1.82) is 0 Å². The molecular weight excluding hydrogens is 515 g/mol. The molecule has 0 aliphatic rings. The SMILES string of the molecule is CSCC(=O)[S][Sn]([S]C(=O)CSC)([S]C(=O)CSC)[C](C)(C)C. The molecule has 0 bridgehead atoms. The van der Waals surface area contributed by atoms with Gasteiger partial charge in [-0.15, -0.1) is 0 Å². The van der Waals surface area contributed by atoms with E-state index in [2.05, 4.69) is 20.8 Å². The van der Waals surface area contributed by atoms with Gasteiger partial charge in [0.2, 0.25) is 0 Å². The molecule has 0 saturated heterocycles. The fourth-order valence-corrected chi connectivity index (χ4v) is 40.7. The number of rotatable bonds is 9. The Morgan fingerprint density at radius 1 is 0.696 bits per heavy atom. The van der Waals surface area contributed by atoms with Crippen LogP contribution in [0, 0.1) is 0 Å². The Hall–Kier alpha value is 1.91. The van der Waals surface area contributed by atoms with E-state index in [4.69, 9.17) is 0 Å². The summed E-state index contributed by atoms with van der Waals surface area (Å²) in [5.74, 6) is 1.27.